The normalized spacial score (nSPS) is 9.95. The van der Waals surface area contributed by atoms with Crippen molar-refractivity contribution < 1.29 is 9.59 Å². The molecule has 0 bridgehead atoms. The van der Waals surface area contributed by atoms with Crippen molar-refractivity contribution in [3.05, 3.63) is 44.2 Å². The number of rotatable bonds is 3. The molecule has 2 rings (SSSR count). The molecule has 7 heteroatoms. The summed E-state index contributed by atoms with van der Waals surface area (Å²) in [7, 11) is 0. The zero-order valence-electron chi connectivity index (χ0n) is 9.64. The molecule has 0 aliphatic rings. The molecule has 5 nitrogen and oxygen atoms in total. The third-order valence-corrected chi connectivity index (χ3v) is 4.01. The van der Waals surface area contributed by atoms with Gasteiger partial charge in [0.15, 0.2) is 0 Å². The number of hydrogen-bond donors (Lipinski definition) is 3. The van der Waals surface area contributed by atoms with Gasteiger partial charge < -0.3 is 16.4 Å². The Morgan fingerprint density at radius 1 is 1.16 bits per heavy atom. The van der Waals surface area contributed by atoms with E-state index in [9.17, 15) is 9.59 Å². The van der Waals surface area contributed by atoms with Crippen molar-refractivity contribution in [2.45, 2.75) is 0 Å². The molecule has 0 saturated heterocycles. The van der Waals surface area contributed by atoms with E-state index in [1.165, 1.54) is 11.3 Å². The van der Waals surface area contributed by atoms with Crippen molar-refractivity contribution in [2.75, 3.05) is 10.6 Å². The number of benzene rings is 1. The highest BCUT2D eigenvalue weighted by Gasteiger charge is 2.08. The molecule has 1 aromatic carbocycles. The second kappa shape index (κ2) is 6.02. The van der Waals surface area contributed by atoms with E-state index in [0.717, 1.165) is 2.88 Å². The Morgan fingerprint density at radius 3 is 2.42 bits per heavy atom. The number of thiophene rings is 1. The second-order valence-electron chi connectivity index (χ2n) is 3.66. The van der Waals surface area contributed by atoms with Crippen molar-refractivity contribution >= 4 is 57.2 Å². The Labute approximate surface area is 127 Å². The Hall–Kier alpha value is -1.61. The highest BCUT2D eigenvalue weighted by Crippen LogP contribution is 2.19. The summed E-state index contributed by atoms with van der Waals surface area (Å²) in [6.45, 7) is 0. The maximum absolute atomic E-state index is 11.9. The van der Waals surface area contributed by atoms with Gasteiger partial charge in [-0.05, 0) is 46.9 Å². The largest absolute Gasteiger partial charge is 0.351 e. The molecule has 0 atom stereocenters. The van der Waals surface area contributed by atoms with E-state index >= 15 is 0 Å². The number of halogens is 1. The number of urea groups is 1. The minimum absolute atomic E-state index is 0.185. The fraction of sp³-hybridized carbons (Fsp3) is 0. The molecule has 1 heterocycles. The lowest BCUT2D eigenvalue weighted by atomic mass is 10.2. The number of hydrogen-bond acceptors (Lipinski definition) is 3. The SMILES string of the molecule is NC(=O)Nc1cccc(NC(=O)c2csc(I)c2)c1. The smallest absolute Gasteiger partial charge is 0.316 e. The van der Waals surface area contributed by atoms with Crippen molar-refractivity contribution in [2.24, 2.45) is 5.73 Å². The average molecular weight is 387 g/mol. The van der Waals surface area contributed by atoms with Gasteiger partial charge in [0.05, 0.1) is 8.45 Å². The molecule has 0 radical (unpaired) electrons. The quantitative estimate of drug-likeness (QED) is 0.708. The van der Waals surface area contributed by atoms with Crippen molar-refractivity contribution in [3.8, 4) is 0 Å². The van der Waals surface area contributed by atoms with E-state index in [0.29, 0.717) is 16.9 Å². The van der Waals surface area contributed by atoms with Crippen LogP contribution in [0.2, 0.25) is 0 Å². The first kappa shape index (κ1) is 13.8. The fourth-order valence-electron chi connectivity index (χ4n) is 1.45. The summed E-state index contributed by atoms with van der Waals surface area (Å²) in [4.78, 5) is 22.7. The van der Waals surface area contributed by atoms with Crippen LogP contribution in [0.3, 0.4) is 0 Å². The lowest BCUT2D eigenvalue weighted by molar-refractivity contribution is 0.102. The standard InChI is InChI=1S/C12H10IN3O2S/c13-10-4-7(6-19-10)11(17)15-8-2-1-3-9(5-8)16-12(14)18/h1-6H,(H,15,17)(H3,14,16,18). The summed E-state index contributed by atoms with van der Waals surface area (Å²) in [5.74, 6) is -0.185. The number of carbonyl (C=O) groups is 2. The molecule has 98 valence electrons. The van der Waals surface area contributed by atoms with Gasteiger partial charge in [0, 0.05) is 16.8 Å². The number of primary amides is 1. The van der Waals surface area contributed by atoms with Gasteiger partial charge in [-0.3, -0.25) is 4.79 Å². The van der Waals surface area contributed by atoms with Crippen LogP contribution >= 0.6 is 33.9 Å². The Balaban J connectivity index is 2.10. The van der Waals surface area contributed by atoms with Gasteiger partial charge in [0.2, 0.25) is 0 Å². The van der Waals surface area contributed by atoms with Gasteiger partial charge in [-0.1, -0.05) is 6.07 Å². The first-order valence-corrected chi connectivity index (χ1v) is 7.22. The molecule has 1 aromatic heterocycles. The Kier molecular flexibility index (Phi) is 4.38. The second-order valence-corrected chi connectivity index (χ2v) is 6.47. The van der Waals surface area contributed by atoms with Crippen LogP contribution in [-0.2, 0) is 0 Å². The molecule has 4 N–H and O–H groups in total. The minimum Gasteiger partial charge on any atom is -0.351 e. The number of amides is 3. The van der Waals surface area contributed by atoms with E-state index < -0.39 is 6.03 Å². The molecule has 0 spiro atoms. The van der Waals surface area contributed by atoms with Gasteiger partial charge in [0.1, 0.15) is 0 Å². The third kappa shape index (κ3) is 3.93. The molecule has 2 aromatic rings. The molecular formula is C12H10IN3O2S. The number of carbonyl (C=O) groups excluding carboxylic acids is 2. The van der Waals surface area contributed by atoms with Gasteiger partial charge in [-0.15, -0.1) is 11.3 Å². The van der Waals surface area contributed by atoms with E-state index in [-0.39, 0.29) is 5.91 Å². The predicted molar refractivity (Wildman–Crippen MR) is 84.6 cm³/mol. The van der Waals surface area contributed by atoms with Crippen LogP contribution in [0.1, 0.15) is 10.4 Å². The zero-order valence-corrected chi connectivity index (χ0v) is 12.6. The van der Waals surface area contributed by atoms with E-state index in [2.05, 4.69) is 33.2 Å². The lowest BCUT2D eigenvalue weighted by Crippen LogP contribution is -2.19. The monoisotopic (exact) mass is 387 g/mol. The van der Waals surface area contributed by atoms with Gasteiger partial charge in [0.25, 0.3) is 5.91 Å². The highest BCUT2D eigenvalue weighted by molar-refractivity contribution is 14.1. The van der Waals surface area contributed by atoms with E-state index in [1.807, 2.05) is 6.07 Å². The molecule has 19 heavy (non-hydrogen) atoms. The first-order chi connectivity index (χ1) is 9.04. The average Bonchev–Trinajstić information content (AvgIpc) is 2.75. The van der Waals surface area contributed by atoms with Crippen molar-refractivity contribution in [1.29, 1.82) is 0 Å². The summed E-state index contributed by atoms with van der Waals surface area (Å²) >= 11 is 3.67. The first-order valence-electron chi connectivity index (χ1n) is 5.26. The predicted octanol–water partition coefficient (Wildman–Crippen LogP) is 3.10. The van der Waals surface area contributed by atoms with Crippen LogP contribution < -0.4 is 16.4 Å². The van der Waals surface area contributed by atoms with E-state index in [1.54, 1.807) is 29.6 Å². The van der Waals surface area contributed by atoms with Crippen LogP contribution in [0.15, 0.2) is 35.7 Å². The molecule has 3 amide bonds. The lowest BCUT2D eigenvalue weighted by Gasteiger charge is -2.06. The molecule has 0 fully saturated rings. The number of nitrogens with two attached hydrogens (primary N) is 1. The zero-order chi connectivity index (χ0) is 13.8. The van der Waals surface area contributed by atoms with Crippen molar-refractivity contribution in [3.63, 3.8) is 0 Å². The summed E-state index contributed by atoms with van der Waals surface area (Å²) in [6.07, 6.45) is 0. The molecule has 0 unspecified atom stereocenters. The summed E-state index contributed by atoms with van der Waals surface area (Å²) in [5.41, 5.74) is 6.77. The minimum atomic E-state index is -0.643. The van der Waals surface area contributed by atoms with Crippen LogP contribution in [0.4, 0.5) is 16.2 Å². The van der Waals surface area contributed by atoms with E-state index in [4.69, 9.17) is 5.73 Å². The molecule has 0 saturated carbocycles. The topological polar surface area (TPSA) is 84.2 Å². The number of anilines is 2. The van der Waals surface area contributed by atoms with Crippen LogP contribution in [0.25, 0.3) is 0 Å². The van der Waals surface area contributed by atoms with Crippen LogP contribution in [-0.4, -0.2) is 11.9 Å². The van der Waals surface area contributed by atoms with Gasteiger partial charge >= 0.3 is 6.03 Å². The molecule has 0 aliphatic carbocycles. The van der Waals surface area contributed by atoms with Crippen molar-refractivity contribution in [1.82, 2.24) is 0 Å². The van der Waals surface area contributed by atoms with Crippen LogP contribution in [0, 0.1) is 2.88 Å². The summed E-state index contributed by atoms with van der Waals surface area (Å²) in [5, 5.41) is 7.00. The Morgan fingerprint density at radius 2 is 1.84 bits per heavy atom. The van der Waals surface area contributed by atoms with Crippen LogP contribution in [0.5, 0.6) is 0 Å². The fourth-order valence-corrected chi connectivity index (χ4v) is 2.78. The maximum atomic E-state index is 11.9. The number of nitrogens with one attached hydrogen (secondary N) is 2. The molecular weight excluding hydrogens is 377 g/mol. The molecule has 0 aliphatic heterocycles. The summed E-state index contributed by atoms with van der Waals surface area (Å²) in [6, 6.07) is 7.95. The van der Waals surface area contributed by atoms with Gasteiger partial charge in [-0.25, -0.2) is 4.79 Å². The highest BCUT2D eigenvalue weighted by atomic mass is 127. The third-order valence-electron chi connectivity index (χ3n) is 2.22. The van der Waals surface area contributed by atoms with Gasteiger partial charge in [-0.2, -0.15) is 0 Å². The summed E-state index contributed by atoms with van der Waals surface area (Å²) < 4.78 is 1.05. The maximum Gasteiger partial charge on any atom is 0.316 e. The Bertz CT molecular complexity index is 627.